The molecule has 16 heteroatoms. The third-order valence-electron chi connectivity index (χ3n) is 10.9. The van der Waals surface area contributed by atoms with E-state index >= 15 is 0 Å². The molecule has 3 aromatic rings. The maximum absolute atomic E-state index is 13.9. The number of ether oxygens (including phenoxy) is 4. The largest absolute Gasteiger partial charge is 0.495 e. The molecular weight excluding hydrogens is 799 g/mol. The van der Waals surface area contributed by atoms with Crippen LogP contribution in [-0.2, 0) is 19.1 Å². The van der Waals surface area contributed by atoms with E-state index in [1.807, 2.05) is 36.4 Å². The number of nitrogens with zero attached hydrogens (tertiary/aromatic N) is 5. The lowest BCUT2D eigenvalue weighted by atomic mass is 9.80. The lowest BCUT2D eigenvalue weighted by Crippen LogP contribution is -2.46. The van der Waals surface area contributed by atoms with E-state index in [0.29, 0.717) is 29.8 Å². The monoisotopic (exact) mass is 854 g/mol. The second-order valence-corrected chi connectivity index (χ2v) is 14.5. The average molecular weight is 856 g/mol. The minimum Gasteiger partial charge on any atom is -0.495 e. The number of hydrogen-bond donors (Lipinski definition) is 1. The van der Waals surface area contributed by atoms with Crippen molar-refractivity contribution >= 4 is 53.8 Å². The number of esters is 2. The lowest BCUT2D eigenvalue weighted by Gasteiger charge is -2.36. The lowest BCUT2D eigenvalue weighted by molar-refractivity contribution is -0.384. The van der Waals surface area contributed by atoms with Crippen molar-refractivity contribution in [1.29, 1.82) is 0 Å². The third kappa shape index (κ3) is 11.6. The number of nitrogens with one attached hydrogen (secondary N) is 1. The zero-order valence-corrected chi connectivity index (χ0v) is 35.9. The highest BCUT2D eigenvalue weighted by Crippen LogP contribution is 2.40. The number of non-ortho nitro benzene ring substituents is 1. The molecule has 1 N–H and O–H groups in total. The molecule has 320 valence electrons. The van der Waals surface area contributed by atoms with Crippen LogP contribution in [0.25, 0.3) is 0 Å². The van der Waals surface area contributed by atoms with E-state index in [9.17, 15) is 19.7 Å². The number of dihydropyridines is 1. The van der Waals surface area contributed by atoms with E-state index in [4.69, 9.17) is 18.9 Å². The highest BCUT2D eigenvalue weighted by Gasteiger charge is 2.38. The van der Waals surface area contributed by atoms with Crippen LogP contribution < -0.4 is 24.6 Å². The number of carbonyl (C=O) groups is 2. The first kappa shape index (κ1) is 46.7. The molecule has 0 bridgehead atoms. The Morgan fingerprint density at radius 1 is 0.678 bits per heavy atom. The van der Waals surface area contributed by atoms with Gasteiger partial charge in [0.1, 0.15) is 11.5 Å². The first-order chi connectivity index (χ1) is 27.7. The molecule has 14 nitrogen and oxygen atoms in total. The van der Waals surface area contributed by atoms with Crippen LogP contribution in [0.15, 0.2) is 95.3 Å². The van der Waals surface area contributed by atoms with E-state index in [1.165, 1.54) is 12.1 Å². The number of nitro groups is 1. The molecule has 0 spiro atoms. The molecule has 6 rings (SSSR count). The van der Waals surface area contributed by atoms with Crippen molar-refractivity contribution in [2.45, 2.75) is 32.6 Å². The number of para-hydroxylation sites is 4. The van der Waals surface area contributed by atoms with Gasteiger partial charge in [-0.1, -0.05) is 36.4 Å². The number of carbonyl (C=O) groups excluding carboxylic acids is 2. The molecule has 0 amide bonds. The summed E-state index contributed by atoms with van der Waals surface area (Å²) in [4.78, 5) is 48.5. The first-order valence-corrected chi connectivity index (χ1v) is 19.7. The van der Waals surface area contributed by atoms with Gasteiger partial charge in [0.2, 0.25) is 0 Å². The standard InChI is InChI=1S/C43H54N6O8.2ClH/c1-31-39(42(50)56-28-10-18-45-20-24-47(25-21-45)35-14-5-7-16-37(35)54-3)41(33-12-9-13-34(30-33)49(52)53)40(32(2)44-31)43(51)57-29-11-19-46-22-26-48(27-23-46)36-15-6-8-17-38(36)55-4;;/h5-9,12-17,30,41,44H,10-11,18-29H2,1-4H3;2*1H. The fourth-order valence-electron chi connectivity index (χ4n) is 7.95. The highest BCUT2D eigenvalue weighted by molar-refractivity contribution is 6.00. The summed E-state index contributed by atoms with van der Waals surface area (Å²) in [5.74, 6) is -0.367. The molecular formula is C43H56Cl2N6O8. The van der Waals surface area contributed by atoms with Crippen LogP contribution >= 0.6 is 24.8 Å². The van der Waals surface area contributed by atoms with Crippen molar-refractivity contribution in [2.75, 3.05) is 103 Å². The predicted octanol–water partition coefficient (Wildman–Crippen LogP) is 6.20. The highest BCUT2D eigenvalue weighted by atomic mass is 35.5. The first-order valence-electron chi connectivity index (χ1n) is 19.7. The fourth-order valence-corrected chi connectivity index (χ4v) is 7.95. The number of hydrogen-bond acceptors (Lipinski definition) is 13. The Kier molecular flexibility index (Phi) is 17.7. The molecule has 2 saturated heterocycles. The number of nitro benzene ring substituents is 1. The molecule has 0 radical (unpaired) electrons. The zero-order valence-electron chi connectivity index (χ0n) is 34.2. The smallest absolute Gasteiger partial charge is 0.336 e. The van der Waals surface area contributed by atoms with Crippen LogP contribution in [0.4, 0.5) is 17.1 Å². The number of halogens is 2. The number of piperazine rings is 2. The van der Waals surface area contributed by atoms with Gasteiger partial charge in [-0.05, 0) is 56.5 Å². The summed E-state index contributed by atoms with van der Waals surface area (Å²) < 4.78 is 22.8. The number of methoxy groups -OCH3 is 2. The van der Waals surface area contributed by atoms with Crippen molar-refractivity contribution < 1.29 is 33.5 Å². The van der Waals surface area contributed by atoms with Gasteiger partial charge in [-0.15, -0.1) is 24.8 Å². The van der Waals surface area contributed by atoms with E-state index < -0.39 is 22.8 Å². The minimum absolute atomic E-state index is 0. The summed E-state index contributed by atoms with van der Waals surface area (Å²) in [6, 6.07) is 22.1. The normalized spacial score (nSPS) is 16.4. The molecule has 2 fully saturated rings. The van der Waals surface area contributed by atoms with Crippen LogP contribution in [0.1, 0.15) is 38.2 Å². The van der Waals surface area contributed by atoms with Crippen LogP contribution in [0.3, 0.4) is 0 Å². The second-order valence-electron chi connectivity index (χ2n) is 14.5. The van der Waals surface area contributed by atoms with Gasteiger partial charge < -0.3 is 34.1 Å². The quantitative estimate of drug-likeness (QED) is 0.0758. The van der Waals surface area contributed by atoms with Gasteiger partial charge in [-0.25, -0.2) is 9.59 Å². The summed E-state index contributed by atoms with van der Waals surface area (Å²) in [5.41, 5.74) is 3.95. The summed E-state index contributed by atoms with van der Waals surface area (Å²) in [7, 11) is 3.37. The Bertz CT molecular complexity index is 1850. The number of rotatable bonds is 16. The fraction of sp³-hybridized carbons (Fsp3) is 0.442. The van der Waals surface area contributed by atoms with E-state index in [1.54, 1.807) is 40.2 Å². The van der Waals surface area contributed by atoms with E-state index in [0.717, 1.165) is 88.3 Å². The molecule has 0 aromatic heterocycles. The van der Waals surface area contributed by atoms with Crippen molar-refractivity contribution in [3.63, 3.8) is 0 Å². The van der Waals surface area contributed by atoms with Crippen molar-refractivity contribution in [3.8, 4) is 11.5 Å². The maximum atomic E-state index is 13.9. The molecule has 0 atom stereocenters. The Hall–Kier alpha value is -5.02. The Morgan fingerprint density at radius 2 is 1.12 bits per heavy atom. The predicted molar refractivity (Wildman–Crippen MR) is 233 cm³/mol. The molecule has 3 heterocycles. The Morgan fingerprint density at radius 3 is 1.54 bits per heavy atom. The van der Waals surface area contributed by atoms with Crippen molar-refractivity contribution in [1.82, 2.24) is 15.1 Å². The molecule has 3 aliphatic heterocycles. The minimum atomic E-state index is -0.919. The molecule has 59 heavy (non-hydrogen) atoms. The van der Waals surface area contributed by atoms with Gasteiger partial charge in [0.25, 0.3) is 5.69 Å². The van der Waals surface area contributed by atoms with Crippen LogP contribution in [0, 0.1) is 10.1 Å². The van der Waals surface area contributed by atoms with Gasteiger partial charge in [0, 0.05) is 89.0 Å². The number of benzene rings is 3. The number of allylic oxidation sites excluding steroid dienone is 2. The van der Waals surface area contributed by atoms with Crippen LogP contribution in [-0.4, -0.2) is 120 Å². The van der Waals surface area contributed by atoms with Crippen LogP contribution in [0.5, 0.6) is 11.5 Å². The number of anilines is 2. The summed E-state index contributed by atoms with van der Waals surface area (Å²) in [5, 5.41) is 15.0. The van der Waals surface area contributed by atoms with Crippen molar-refractivity contribution in [3.05, 3.63) is 111 Å². The summed E-state index contributed by atoms with van der Waals surface area (Å²) in [6.45, 7) is 12.3. The van der Waals surface area contributed by atoms with Crippen LogP contribution in [0.2, 0.25) is 0 Å². The second kappa shape index (κ2) is 22.4. The average Bonchev–Trinajstić information content (AvgIpc) is 3.24. The zero-order chi connectivity index (χ0) is 40.3. The van der Waals surface area contributed by atoms with E-state index in [2.05, 4.69) is 37.0 Å². The molecule has 0 aliphatic carbocycles. The molecule has 0 unspecified atom stereocenters. The van der Waals surface area contributed by atoms with Gasteiger partial charge in [-0.2, -0.15) is 0 Å². The summed E-state index contributed by atoms with van der Waals surface area (Å²) >= 11 is 0. The van der Waals surface area contributed by atoms with Gasteiger partial charge in [-0.3, -0.25) is 19.9 Å². The Balaban J connectivity index is 0.00000384. The topological polar surface area (TPSA) is 139 Å². The van der Waals surface area contributed by atoms with Gasteiger partial charge in [0.05, 0.1) is 60.8 Å². The molecule has 0 saturated carbocycles. The summed E-state index contributed by atoms with van der Waals surface area (Å²) in [6.07, 6.45) is 1.25. The SMILES string of the molecule is COc1ccccc1N1CCN(CCCOC(=O)C2=C(C)NC(C)=C(C(=O)OCCCN3CCN(c4ccccc4OC)CC3)C2c2cccc([N+](=O)[O-])c2)CC1.Cl.Cl. The van der Waals surface area contributed by atoms with E-state index in [-0.39, 0.29) is 54.9 Å². The van der Waals surface area contributed by atoms with Gasteiger partial charge >= 0.3 is 11.9 Å². The van der Waals surface area contributed by atoms with Gasteiger partial charge in [0.15, 0.2) is 0 Å². The molecule has 3 aliphatic rings. The van der Waals surface area contributed by atoms with Crippen molar-refractivity contribution in [2.24, 2.45) is 0 Å². The molecule has 3 aromatic carbocycles. The maximum Gasteiger partial charge on any atom is 0.336 e. The third-order valence-corrected chi connectivity index (χ3v) is 10.9. The Labute approximate surface area is 359 Å².